The second kappa shape index (κ2) is 17.6. The largest absolute Gasteiger partial charge is 0.465 e. The van der Waals surface area contributed by atoms with Crippen LogP contribution in [0.25, 0.3) is 10.1 Å². The van der Waals surface area contributed by atoms with Gasteiger partial charge in [-0.05, 0) is 79.8 Å². The Labute approximate surface area is 314 Å². The van der Waals surface area contributed by atoms with E-state index in [1.165, 1.54) is 24.7 Å². The molecule has 3 aromatic rings. The van der Waals surface area contributed by atoms with Crippen molar-refractivity contribution in [1.82, 2.24) is 19.9 Å². The molecule has 284 valence electrons. The molecule has 0 saturated carbocycles. The zero-order valence-electron chi connectivity index (χ0n) is 30.5. The Balaban J connectivity index is 1.10. The molecule has 53 heavy (non-hydrogen) atoms. The Morgan fingerprint density at radius 3 is 2.70 bits per heavy atom. The summed E-state index contributed by atoms with van der Waals surface area (Å²) >= 11 is 1.29. The van der Waals surface area contributed by atoms with Crippen molar-refractivity contribution in [3.8, 4) is 0 Å². The van der Waals surface area contributed by atoms with Crippen LogP contribution in [-0.4, -0.2) is 103 Å². The highest BCUT2D eigenvalue weighted by Crippen LogP contribution is 2.47. The molecule has 15 heteroatoms. The molecule has 5 atom stereocenters. The monoisotopic (exact) mass is 765 g/mol. The first kappa shape index (κ1) is 38.9. The molecule has 3 fully saturated rings. The van der Waals surface area contributed by atoms with Gasteiger partial charge in [0.05, 0.1) is 36.8 Å². The van der Waals surface area contributed by atoms with Gasteiger partial charge >= 0.3 is 5.97 Å². The van der Waals surface area contributed by atoms with E-state index >= 15 is 0 Å². The number of thiophene rings is 1. The molecule has 1 aromatic carbocycles. The van der Waals surface area contributed by atoms with Crippen molar-refractivity contribution in [3.63, 3.8) is 0 Å². The molecule has 2 unspecified atom stereocenters. The summed E-state index contributed by atoms with van der Waals surface area (Å²) in [5.41, 5.74) is 1.81. The van der Waals surface area contributed by atoms with Gasteiger partial charge in [0, 0.05) is 55.5 Å². The van der Waals surface area contributed by atoms with Crippen LogP contribution in [0.15, 0.2) is 53.8 Å². The van der Waals surface area contributed by atoms with Crippen molar-refractivity contribution in [1.29, 1.82) is 0 Å². The van der Waals surface area contributed by atoms with Crippen LogP contribution in [-0.2, 0) is 39.1 Å². The number of aromatic nitrogens is 1. The number of carbonyl (C=O) groups excluding carboxylic acids is 4. The number of carbonyl (C=O) groups is 4. The summed E-state index contributed by atoms with van der Waals surface area (Å²) in [6.45, 7) is 5.29. The molecule has 5 heterocycles. The smallest absolute Gasteiger partial charge is 0.323 e. The van der Waals surface area contributed by atoms with Crippen LogP contribution in [0.5, 0.6) is 0 Å². The van der Waals surface area contributed by atoms with E-state index < -0.39 is 37.4 Å². The highest BCUT2D eigenvalue weighted by atomic mass is 32.1. The molecule has 1 N–H and O–H groups in total. The number of likely N-dealkylation sites (tertiary alicyclic amines) is 1. The first-order valence-corrected chi connectivity index (χ1v) is 21.0. The third-order valence-electron chi connectivity index (χ3n) is 10.1. The molecule has 3 aliphatic heterocycles. The second-order valence-corrected chi connectivity index (χ2v) is 17.3. The van der Waals surface area contributed by atoms with Gasteiger partial charge in [-0.25, -0.2) is 10.1 Å². The number of nitrogens with zero attached hydrogens (tertiary/aromatic N) is 4. The summed E-state index contributed by atoms with van der Waals surface area (Å²) in [7, 11) is -2.04. The average Bonchev–Trinajstić information content (AvgIpc) is 3.72. The maximum atomic E-state index is 13.9. The summed E-state index contributed by atoms with van der Waals surface area (Å²) in [5.74, 6) is -1.43. The van der Waals surface area contributed by atoms with Crippen molar-refractivity contribution in [2.45, 2.75) is 82.6 Å². The fourth-order valence-electron chi connectivity index (χ4n) is 7.30. The molecule has 0 bridgehead atoms. The number of pyridine rings is 1. The minimum atomic E-state index is -3.56. The molecule has 0 radical (unpaired) electrons. The predicted octanol–water partition coefficient (Wildman–Crippen LogP) is 5.58. The summed E-state index contributed by atoms with van der Waals surface area (Å²) in [5, 5.41) is 3.63. The minimum absolute atomic E-state index is 0.00281. The topological polar surface area (TPSA) is 157 Å². The molecule has 6 rings (SSSR count). The van der Waals surface area contributed by atoms with Crippen molar-refractivity contribution in [2.24, 2.45) is 10.9 Å². The Bertz CT molecular complexity index is 1860. The molecular weight excluding hydrogens is 717 g/mol. The normalized spacial score (nSPS) is 22.3. The maximum absolute atomic E-state index is 13.9. The summed E-state index contributed by atoms with van der Waals surface area (Å²) < 4.78 is 30.8. The van der Waals surface area contributed by atoms with Crippen LogP contribution in [0.4, 0.5) is 0 Å². The van der Waals surface area contributed by atoms with Gasteiger partial charge in [-0.15, -0.1) is 11.3 Å². The quantitative estimate of drug-likeness (QED) is 0.0897. The van der Waals surface area contributed by atoms with Gasteiger partial charge in [0.1, 0.15) is 12.1 Å². The SMILES string of the molecule is CCCOC(=O)[C@H](C)NP(=O)(Cc1ccc2sc(C(=O)N=CC3CCC[C@H]4CC[C@@H](C(=O)N5CC(c6cccnc6)C5)N4C3=O)cc2c1)OCCOC. The number of amides is 3. The Morgan fingerprint density at radius 1 is 1.11 bits per heavy atom. The van der Waals surface area contributed by atoms with Crippen molar-refractivity contribution in [3.05, 3.63) is 64.8 Å². The van der Waals surface area contributed by atoms with E-state index in [-0.39, 0.29) is 49.8 Å². The third-order valence-corrected chi connectivity index (χ3v) is 13.4. The van der Waals surface area contributed by atoms with E-state index in [4.69, 9.17) is 14.0 Å². The van der Waals surface area contributed by atoms with Crippen LogP contribution in [0, 0.1) is 5.92 Å². The average molecular weight is 766 g/mol. The van der Waals surface area contributed by atoms with E-state index in [1.54, 1.807) is 24.1 Å². The predicted molar refractivity (Wildman–Crippen MR) is 202 cm³/mol. The first-order chi connectivity index (χ1) is 25.6. The molecule has 13 nitrogen and oxygen atoms in total. The first-order valence-electron chi connectivity index (χ1n) is 18.4. The number of hydrogen-bond donors (Lipinski definition) is 1. The van der Waals surface area contributed by atoms with Crippen molar-refractivity contribution >= 4 is 58.8 Å². The van der Waals surface area contributed by atoms with Crippen LogP contribution in [0.1, 0.15) is 79.1 Å². The van der Waals surface area contributed by atoms with Gasteiger partial charge in [0.15, 0.2) is 0 Å². The lowest BCUT2D eigenvalue weighted by molar-refractivity contribution is -0.148. The molecule has 0 spiro atoms. The summed E-state index contributed by atoms with van der Waals surface area (Å²) in [4.78, 5) is 65.8. The van der Waals surface area contributed by atoms with Gasteiger partial charge in [0.25, 0.3) is 13.4 Å². The number of aliphatic imine (C=N–C) groups is 1. The number of ether oxygens (including phenoxy) is 2. The molecule has 3 aliphatic rings. The standard InChI is InChI=1S/C38H48N5O8PS/c1-4-15-50-38(47)25(2)41-52(48,51-17-16-49-3)24-26-10-13-33-29(18-26)19-34(53-33)35(44)40-21-28-7-5-9-31-11-12-32(43(31)36(28)45)37(46)42-22-30(23-42)27-8-6-14-39-20-27/h6,8,10,13-14,18-21,25,28,30-32H,4-5,7,9,11-12,15-17,22-24H2,1-3H3,(H,41,48)/t25-,28?,31-,32-,52?/m0/s1. The van der Waals surface area contributed by atoms with Crippen LogP contribution < -0.4 is 5.09 Å². The third kappa shape index (κ3) is 9.29. The molecule has 2 aromatic heterocycles. The van der Waals surface area contributed by atoms with Gasteiger partial charge in [-0.2, -0.15) is 0 Å². The number of nitrogens with one attached hydrogen (secondary N) is 1. The molecular formula is C38H48N5O8PS. The number of hydrogen-bond acceptors (Lipinski definition) is 10. The van der Waals surface area contributed by atoms with E-state index in [0.29, 0.717) is 42.8 Å². The van der Waals surface area contributed by atoms with E-state index in [9.17, 15) is 23.7 Å². The Kier molecular flexibility index (Phi) is 12.9. The van der Waals surface area contributed by atoms with Crippen molar-refractivity contribution < 1.29 is 37.7 Å². The van der Waals surface area contributed by atoms with Gasteiger partial charge in [-0.1, -0.05) is 25.5 Å². The fourth-order valence-corrected chi connectivity index (χ4v) is 10.2. The van der Waals surface area contributed by atoms with Gasteiger partial charge in [-0.3, -0.25) is 28.7 Å². The highest BCUT2D eigenvalue weighted by Gasteiger charge is 2.47. The molecule has 3 amide bonds. The number of rotatable bonds is 15. The summed E-state index contributed by atoms with van der Waals surface area (Å²) in [6.07, 6.45) is 9.37. The van der Waals surface area contributed by atoms with E-state index in [2.05, 4.69) is 15.1 Å². The van der Waals surface area contributed by atoms with E-state index in [1.807, 2.05) is 48.4 Å². The second-order valence-electron chi connectivity index (χ2n) is 14.0. The van der Waals surface area contributed by atoms with Crippen LogP contribution >= 0.6 is 18.9 Å². The molecule has 3 saturated heterocycles. The number of fused-ring (bicyclic) bond motifs is 2. The van der Waals surface area contributed by atoms with Crippen molar-refractivity contribution in [2.75, 3.05) is 40.0 Å². The van der Waals surface area contributed by atoms with Crippen LogP contribution in [0.3, 0.4) is 0 Å². The number of methoxy groups -OCH3 is 1. The lowest BCUT2D eigenvalue weighted by atomic mass is 9.92. The number of esters is 1. The minimum Gasteiger partial charge on any atom is -0.465 e. The van der Waals surface area contributed by atoms with Gasteiger partial charge < -0.3 is 23.8 Å². The fraction of sp³-hybridized carbons (Fsp3) is 0.526. The van der Waals surface area contributed by atoms with Crippen LogP contribution in [0.2, 0.25) is 0 Å². The Hall–Kier alpha value is -3.81. The summed E-state index contributed by atoms with van der Waals surface area (Å²) in [6, 6.07) is 9.87. The Morgan fingerprint density at radius 2 is 1.94 bits per heavy atom. The van der Waals surface area contributed by atoms with Gasteiger partial charge in [0.2, 0.25) is 11.8 Å². The lowest BCUT2D eigenvalue weighted by Crippen LogP contribution is -2.57. The zero-order valence-corrected chi connectivity index (χ0v) is 32.2. The molecule has 0 aliphatic carbocycles. The zero-order chi connectivity index (χ0) is 37.5. The maximum Gasteiger partial charge on any atom is 0.323 e. The van der Waals surface area contributed by atoms with E-state index in [0.717, 1.165) is 34.9 Å². The highest BCUT2D eigenvalue weighted by molar-refractivity contribution is 7.56. The lowest BCUT2D eigenvalue weighted by Gasteiger charge is -2.42. The number of benzene rings is 1.